The lowest BCUT2D eigenvalue weighted by atomic mass is 9.86. The monoisotopic (exact) mass is 383 g/mol. The van der Waals surface area contributed by atoms with Crippen molar-refractivity contribution in [3.8, 4) is 0 Å². The summed E-state index contributed by atoms with van der Waals surface area (Å²) in [4.78, 5) is 12.7. The van der Waals surface area contributed by atoms with E-state index in [2.05, 4.69) is 17.4 Å². The number of sulfonamides is 1. The predicted octanol–water partition coefficient (Wildman–Crippen LogP) is 2.39. The molecule has 1 aliphatic heterocycles. The highest BCUT2D eigenvalue weighted by Crippen LogP contribution is 2.28. The average molecular weight is 384 g/mol. The van der Waals surface area contributed by atoms with Crippen molar-refractivity contribution >= 4 is 15.9 Å². The van der Waals surface area contributed by atoms with Crippen molar-refractivity contribution < 1.29 is 17.7 Å². The van der Waals surface area contributed by atoms with E-state index in [1.54, 1.807) is 13.8 Å². The zero-order valence-electron chi connectivity index (χ0n) is 15.8. The smallest absolute Gasteiger partial charge is 0.248 e. The van der Waals surface area contributed by atoms with Crippen molar-refractivity contribution in [2.24, 2.45) is 11.8 Å². The van der Waals surface area contributed by atoms with Crippen molar-refractivity contribution in [2.75, 3.05) is 13.1 Å². The number of aryl methyl sites for hydroxylation is 2. The summed E-state index contributed by atoms with van der Waals surface area (Å²) in [5, 5.41) is 6.93. The highest BCUT2D eigenvalue weighted by atomic mass is 32.2. The van der Waals surface area contributed by atoms with Gasteiger partial charge in [0.25, 0.3) is 0 Å². The minimum atomic E-state index is -3.62. The molecule has 2 atom stereocenters. The first-order valence-corrected chi connectivity index (χ1v) is 11.0. The van der Waals surface area contributed by atoms with E-state index in [9.17, 15) is 13.2 Å². The van der Waals surface area contributed by atoms with Gasteiger partial charge >= 0.3 is 0 Å². The van der Waals surface area contributed by atoms with Crippen LogP contribution in [-0.4, -0.2) is 42.9 Å². The highest BCUT2D eigenvalue weighted by molar-refractivity contribution is 7.89. The van der Waals surface area contributed by atoms with Gasteiger partial charge in [-0.15, -0.1) is 0 Å². The van der Waals surface area contributed by atoms with Crippen molar-refractivity contribution in [3.63, 3.8) is 0 Å². The molecule has 7 nitrogen and oxygen atoms in total. The lowest BCUT2D eigenvalue weighted by Crippen LogP contribution is -2.46. The fraction of sp³-hybridized carbons (Fsp3) is 0.778. The molecule has 0 spiro atoms. The summed E-state index contributed by atoms with van der Waals surface area (Å²) in [6, 6.07) is 0.273. The zero-order valence-corrected chi connectivity index (χ0v) is 16.6. The van der Waals surface area contributed by atoms with Gasteiger partial charge in [-0.2, -0.15) is 4.31 Å². The molecule has 3 rings (SSSR count). The van der Waals surface area contributed by atoms with Gasteiger partial charge < -0.3 is 9.84 Å². The van der Waals surface area contributed by atoms with Crippen LogP contribution < -0.4 is 5.32 Å². The van der Waals surface area contributed by atoms with E-state index < -0.39 is 10.0 Å². The molecule has 2 unspecified atom stereocenters. The van der Waals surface area contributed by atoms with Gasteiger partial charge in [0, 0.05) is 25.0 Å². The Morgan fingerprint density at radius 3 is 2.46 bits per heavy atom. The Bertz CT molecular complexity index is 731. The Labute approximate surface area is 155 Å². The Morgan fingerprint density at radius 1 is 1.19 bits per heavy atom. The summed E-state index contributed by atoms with van der Waals surface area (Å²) in [6.07, 6.45) is 5.61. The highest BCUT2D eigenvalue weighted by Gasteiger charge is 2.36. The molecule has 2 heterocycles. The summed E-state index contributed by atoms with van der Waals surface area (Å²) >= 11 is 0. The fourth-order valence-corrected chi connectivity index (χ4v) is 5.98. The number of carbonyl (C=O) groups is 1. The van der Waals surface area contributed by atoms with E-state index >= 15 is 0 Å². The van der Waals surface area contributed by atoms with Gasteiger partial charge in [0.1, 0.15) is 10.6 Å². The molecule has 0 bridgehead atoms. The third-order valence-corrected chi connectivity index (χ3v) is 7.82. The number of hydrogen-bond donors (Lipinski definition) is 1. The first kappa shape index (κ1) is 19.4. The third kappa shape index (κ3) is 3.96. The van der Waals surface area contributed by atoms with Gasteiger partial charge in [-0.05, 0) is 45.4 Å². The standard InChI is InChI=1S/C18H29N3O4S/c1-12-5-4-6-16(11-12)19-18(22)15-7-9-21(10-8-15)26(23,24)17-13(2)20-25-14(17)3/h12,15-16H,4-11H2,1-3H3,(H,19,22). The second-order valence-corrected chi connectivity index (χ2v) is 9.68. The Morgan fingerprint density at radius 2 is 1.88 bits per heavy atom. The van der Waals surface area contributed by atoms with Gasteiger partial charge in [-0.3, -0.25) is 4.79 Å². The van der Waals surface area contributed by atoms with Crippen LogP contribution in [0.5, 0.6) is 0 Å². The first-order chi connectivity index (χ1) is 12.3. The van der Waals surface area contributed by atoms with Crippen LogP contribution in [0.2, 0.25) is 0 Å². The summed E-state index contributed by atoms with van der Waals surface area (Å²) in [7, 11) is -3.62. The molecule has 1 aliphatic carbocycles. The van der Waals surface area contributed by atoms with Crippen molar-refractivity contribution in [2.45, 2.75) is 70.2 Å². The predicted molar refractivity (Wildman–Crippen MR) is 97.0 cm³/mol. The number of piperidine rings is 1. The van der Waals surface area contributed by atoms with Crippen LogP contribution >= 0.6 is 0 Å². The molecule has 146 valence electrons. The van der Waals surface area contributed by atoms with E-state index in [-0.39, 0.29) is 22.8 Å². The second kappa shape index (κ2) is 7.68. The molecule has 0 aromatic carbocycles. The third-order valence-electron chi connectivity index (χ3n) is 5.67. The van der Waals surface area contributed by atoms with Crippen LogP contribution in [0.25, 0.3) is 0 Å². The van der Waals surface area contributed by atoms with E-state index in [4.69, 9.17) is 4.52 Å². The van der Waals surface area contributed by atoms with E-state index in [1.165, 1.54) is 17.1 Å². The Hall–Kier alpha value is -1.41. The Kier molecular flexibility index (Phi) is 5.72. The molecule has 8 heteroatoms. The molecule has 0 radical (unpaired) electrons. The van der Waals surface area contributed by atoms with E-state index in [0.717, 1.165) is 12.8 Å². The molecule has 1 aromatic rings. The normalized spacial score (nSPS) is 26.0. The average Bonchev–Trinajstić information content (AvgIpc) is 2.94. The van der Waals surface area contributed by atoms with Crippen LogP contribution in [0, 0.1) is 25.7 Å². The van der Waals surface area contributed by atoms with Gasteiger partial charge in [-0.1, -0.05) is 24.9 Å². The molecule has 1 amide bonds. The van der Waals surface area contributed by atoms with Crippen molar-refractivity contribution in [1.29, 1.82) is 0 Å². The molecular formula is C18H29N3O4S. The number of amides is 1. The molecule has 1 aromatic heterocycles. The van der Waals surface area contributed by atoms with Crippen LogP contribution in [-0.2, 0) is 14.8 Å². The molecule has 1 saturated heterocycles. The lowest BCUT2D eigenvalue weighted by molar-refractivity contribution is -0.127. The van der Waals surface area contributed by atoms with Crippen LogP contribution in [0.1, 0.15) is 56.9 Å². The number of nitrogens with zero attached hydrogens (tertiary/aromatic N) is 2. The second-order valence-electron chi connectivity index (χ2n) is 7.81. The molecule has 1 saturated carbocycles. The summed E-state index contributed by atoms with van der Waals surface area (Å²) in [5.41, 5.74) is 0.383. The number of carbonyl (C=O) groups excluding carboxylic acids is 1. The van der Waals surface area contributed by atoms with Crippen molar-refractivity contribution in [1.82, 2.24) is 14.8 Å². The maximum absolute atomic E-state index is 12.8. The molecular weight excluding hydrogens is 354 g/mol. The van der Waals surface area contributed by atoms with E-state index in [1.807, 2.05) is 0 Å². The summed E-state index contributed by atoms with van der Waals surface area (Å²) in [6.45, 7) is 6.18. The number of nitrogens with one attached hydrogen (secondary N) is 1. The largest absolute Gasteiger partial charge is 0.360 e. The van der Waals surface area contributed by atoms with Crippen LogP contribution in [0.15, 0.2) is 9.42 Å². The van der Waals surface area contributed by atoms with Crippen LogP contribution in [0.4, 0.5) is 0 Å². The fourth-order valence-electron chi connectivity index (χ4n) is 4.21. The molecule has 2 fully saturated rings. The topological polar surface area (TPSA) is 92.5 Å². The first-order valence-electron chi connectivity index (χ1n) is 9.52. The molecule has 1 N–H and O–H groups in total. The number of aromatic nitrogens is 1. The molecule has 26 heavy (non-hydrogen) atoms. The lowest BCUT2D eigenvalue weighted by Gasteiger charge is -2.33. The maximum Gasteiger partial charge on any atom is 0.248 e. The minimum absolute atomic E-state index is 0.0819. The minimum Gasteiger partial charge on any atom is -0.360 e. The quantitative estimate of drug-likeness (QED) is 0.862. The van der Waals surface area contributed by atoms with Crippen LogP contribution in [0.3, 0.4) is 0 Å². The number of hydrogen-bond acceptors (Lipinski definition) is 5. The van der Waals surface area contributed by atoms with Gasteiger partial charge in [0.05, 0.1) is 0 Å². The van der Waals surface area contributed by atoms with Crippen molar-refractivity contribution in [3.05, 3.63) is 11.5 Å². The SMILES string of the molecule is Cc1noc(C)c1S(=O)(=O)N1CCC(C(=O)NC2CCCC(C)C2)CC1. The summed E-state index contributed by atoms with van der Waals surface area (Å²) in [5.74, 6) is 0.951. The zero-order chi connectivity index (χ0) is 18.9. The Balaban J connectivity index is 1.58. The summed E-state index contributed by atoms with van der Waals surface area (Å²) < 4.78 is 32.1. The molecule has 2 aliphatic rings. The number of rotatable bonds is 4. The van der Waals surface area contributed by atoms with Gasteiger partial charge in [0.2, 0.25) is 15.9 Å². The van der Waals surface area contributed by atoms with Gasteiger partial charge in [0.15, 0.2) is 5.76 Å². The van der Waals surface area contributed by atoms with E-state index in [0.29, 0.717) is 43.3 Å². The van der Waals surface area contributed by atoms with Gasteiger partial charge in [-0.25, -0.2) is 8.42 Å². The maximum atomic E-state index is 12.8.